The molecule has 1 aromatic heterocycles. The van der Waals surface area contributed by atoms with Crippen LogP contribution in [-0.4, -0.2) is 33.0 Å². The summed E-state index contributed by atoms with van der Waals surface area (Å²) in [5.41, 5.74) is 0. The van der Waals surface area contributed by atoms with Gasteiger partial charge in [-0.2, -0.15) is 0 Å². The summed E-state index contributed by atoms with van der Waals surface area (Å²) in [4.78, 5) is 2.56. The van der Waals surface area contributed by atoms with Crippen LogP contribution in [0.4, 0.5) is 0 Å². The summed E-state index contributed by atoms with van der Waals surface area (Å²) < 4.78 is 34.2. The molecule has 2 aromatic rings. The molecule has 1 saturated heterocycles. The standard InChI is InChI=1S/C17H21BrN2O3S/c18-14-6-4-7-15(12-14)24(21,22)19-13-16(17-8-5-11-23-17)20-9-2-1-3-10-20/h4-8,11-12,16,19H,1-3,9-10,13H2. The molecular weight excluding hydrogens is 392 g/mol. The number of benzene rings is 1. The molecule has 24 heavy (non-hydrogen) atoms. The van der Waals surface area contributed by atoms with Crippen LogP contribution < -0.4 is 4.72 Å². The fraction of sp³-hybridized carbons (Fsp3) is 0.412. The number of halogens is 1. The zero-order valence-corrected chi connectivity index (χ0v) is 15.7. The van der Waals surface area contributed by atoms with Gasteiger partial charge in [-0.1, -0.05) is 28.4 Å². The molecule has 5 nitrogen and oxygen atoms in total. The molecule has 0 radical (unpaired) electrons. The van der Waals surface area contributed by atoms with Crippen molar-refractivity contribution in [3.8, 4) is 0 Å². The third-order valence-corrected chi connectivity index (χ3v) is 6.19. The van der Waals surface area contributed by atoms with Crippen LogP contribution >= 0.6 is 15.9 Å². The van der Waals surface area contributed by atoms with E-state index in [2.05, 4.69) is 25.6 Å². The first-order valence-corrected chi connectivity index (χ1v) is 10.4. The van der Waals surface area contributed by atoms with Crippen LogP contribution in [0.2, 0.25) is 0 Å². The van der Waals surface area contributed by atoms with E-state index in [0.717, 1.165) is 36.2 Å². The summed E-state index contributed by atoms with van der Waals surface area (Å²) >= 11 is 3.31. The van der Waals surface area contributed by atoms with Crippen molar-refractivity contribution in [2.75, 3.05) is 19.6 Å². The molecule has 0 amide bonds. The SMILES string of the molecule is O=S(=O)(NCC(c1ccco1)N1CCCCC1)c1cccc(Br)c1. The molecule has 1 fully saturated rings. The minimum atomic E-state index is -3.56. The topological polar surface area (TPSA) is 62.6 Å². The fourth-order valence-electron chi connectivity index (χ4n) is 3.03. The van der Waals surface area contributed by atoms with Crippen molar-refractivity contribution >= 4 is 26.0 Å². The number of hydrogen-bond acceptors (Lipinski definition) is 4. The van der Waals surface area contributed by atoms with Gasteiger partial charge in [0.1, 0.15) is 5.76 Å². The van der Waals surface area contributed by atoms with E-state index in [1.807, 2.05) is 12.1 Å². The highest BCUT2D eigenvalue weighted by atomic mass is 79.9. The molecule has 0 saturated carbocycles. The summed E-state index contributed by atoms with van der Waals surface area (Å²) in [5, 5.41) is 0. The number of likely N-dealkylation sites (tertiary alicyclic amines) is 1. The Hall–Kier alpha value is -1.15. The lowest BCUT2D eigenvalue weighted by Crippen LogP contribution is -2.40. The van der Waals surface area contributed by atoms with Gasteiger partial charge in [-0.15, -0.1) is 0 Å². The van der Waals surface area contributed by atoms with Gasteiger partial charge in [-0.05, 0) is 56.3 Å². The van der Waals surface area contributed by atoms with Gasteiger partial charge in [-0.3, -0.25) is 4.90 Å². The van der Waals surface area contributed by atoms with Crippen molar-refractivity contribution in [3.63, 3.8) is 0 Å². The summed E-state index contributed by atoms with van der Waals surface area (Å²) in [6.07, 6.45) is 5.13. The Balaban J connectivity index is 1.75. The molecule has 1 aliphatic rings. The predicted molar refractivity (Wildman–Crippen MR) is 96.2 cm³/mol. The monoisotopic (exact) mass is 412 g/mol. The first-order valence-electron chi connectivity index (χ1n) is 8.09. The van der Waals surface area contributed by atoms with Crippen molar-refractivity contribution in [2.24, 2.45) is 0 Å². The van der Waals surface area contributed by atoms with E-state index in [0.29, 0.717) is 6.54 Å². The molecule has 0 aliphatic carbocycles. The number of hydrogen-bond donors (Lipinski definition) is 1. The van der Waals surface area contributed by atoms with Gasteiger partial charge < -0.3 is 4.42 Å². The molecule has 0 spiro atoms. The first-order chi connectivity index (χ1) is 11.6. The smallest absolute Gasteiger partial charge is 0.240 e. The van der Waals surface area contributed by atoms with Gasteiger partial charge >= 0.3 is 0 Å². The Morgan fingerprint density at radius 2 is 1.96 bits per heavy atom. The van der Waals surface area contributed by atoms with Crippen LogP contribution in [0, 0.1) is 0 Å². The number of furan rings is 1. The third-order valence-electron chi connectivity index (χ3n) is 4.28. The molecule has 1 aliphatic heterocycles. The molecule has 3 rings (SSSR count). The van der Waals surface area contributed by atoms with E-state index in [4.69, 9.17) is 4.42 Å². The number of rotatable bonds is 6. The lowest BCUT2D eigenvalue weighted by atomic mass is 10.1. The van der Waals surface area contributed by atoms with Crippen LogP contribution in [-0.2, 0) is 10.0 Å². The van der Waals surface area contributed by atoms with Crippen LogP contribution in [0.3, 0.4) is 0 Å². The Morgan fingerprint density at radius 1 is 1.17 bits per heavy atom. The van der Waals surface area contributed by atoms with Gasteiger partial charge in [0.05, 0.1) is 17.2 Å². The molecular formula is C17H21BrN2O3S. The van der Waals surface area contributed by atoms with Gasteiger partial charge in [0.25, 0.3) is 0 Å². The molecule has 2 heterocycles. The lowest BCUT2D eigenvalue weighted by Gasteiger charge is -2.33. The number of sulfonamides is 1. The van der Waals surface area contributed by atoms with Gasteiger partial charge in [0.2, 0.25) is 10.0 Å². The Morgan fingerprint density at radius 3 is 2.62 bits per heavy atom. The summed E-state index contributed by atoms with van der Waals surface area (Å²) in [6.45, 7) is 2.22. The maximum Gasteiger partial charge on any atom is 0.240 e. The normalized spacial score (nSPS) is 17.7. The predicted octanol–water partition coefficient (Wildman–Crippen LogP) is 3.55. The molecule has 1 atom stereocenters. The largest absolute Gasteiger partial charge is 0.468 e. The van der Waals surface area contributed by atoms with E-state index < -0.39 is 10.0 Å². The quantitative estimate of drug-likeness (QED) is 0.787. The highest BCUT2D eigenvalue weighted by Crippen LogP contribution is 2.25. The van der Waals surface area contributed by atoms with E-state index >= 15 is 0 Å². The van der Waals surface area contributed by atoms with Crippen LogP contribution in [0.15, 0.2) is 56.4 Å². The van der Waals surface area contributed by atoms with Crippen molar-refractivity contribution in [3.05, 3.63) is 52.9 Å². The summed E-state index contributed by atoms with van der Waals surface area (Å²) in [6, 6.07) is 10.4. The second-order valence-electron chi connectivity index (χ2n) is 5.94. The van der Waals surface area contributed by atoms with E-state index in [1.54, 1.807) is 30.5 Å². The summed E-state index contributed by atoms with van der Waals surface area (Å²) in [7, 11) is -3.56. The minimum absolute atomic E-state index is 0.0813. The van der Waals surface area contributed by atoms with Gasteiger partial charge in [-0.25, -0.2) is 13.1 Å². The first kappa shape index (κ1) is 17.7. The summed E-state index contributed by atoms with van der Waals surface area (Å²) in [5.74, 6) is 0.800. The zero-order chi connectivity index (χ0) is 17.0. The molecule has 1 aromatic carbocycles. The van der Waals surface area contributed by atoms with E-state index in [-0.39, 0.29) is 10.9 Å². The highest BCUT2D eigenvalue weighted by molar-refractivity contribution is 9.10. The van der Waals surface area contributed by atoms with Gasteiger partial charge in [0, 0.05) is 11.0 Å². The average molecular weight is 413 g/mol. The fourth-order valence-corrected chi connectivity index (χ4v) is 4.66. The van der Waals surface area contributed by atoms with Crippen molar-refractivity contribution in [1.29, 1.82) is 0 Å². The second-order valence-corrected chi connectivity index (χ2v) is 8.62. The average Bonchev–Trinajstić information content (AvgIpc) is 3.10. The van der Waals surface area contributed by atoms with Crippen molar-refractivity contribution < 1.29 is 12.8 Å². The maximum absolute atomic E-state index is 12.6. The molecule has 7 heteroatoms. The molecule has 1 N–H and O–H groups in total. The van der Waals surface area contributed by atoms with Crippen LogP contribution in [0.1, 0.15) is 31.1 Å². The zero-order valence-electron chi connectivity index (χ0n) is 13.3. The maximum atomic E-state index is 12.6. The van der Waals surface area contributed by atoms with E-state index in [9.17, 15) is 8.42 Å². The van der Waals surface area contributed by atoms with Crippen molar-refractivity contribution in [2.45, 2.75) is 30.2 Å². The second kappa shape index (κ2) is 7.82. The Bertz CT molecular complexity index is 756. The number of nitrogens with zero attached hydrogens (tertiary/aromatic N) is 1. The molecule has 130 valence electrons. The highest BCUT2D eigenvalue weighted by Gasteiger charge is 2.26. The lowest BCUT2D eigenvalue weighted by molar-refractivity contribution is 0.147. The minimum Gasteiger partial charge on any atom is -0.468 e. The number of piperidine rings is 1. The van der Waals surface area contributed by atoms with Crippen LogP contribution in [0.5, 0.6) is 0 Å². The Labute approximate surface area is 151 Å². The van der Waals surface area contributed by atoms with E-state index in [1.165, 1.54) is 6.42 Å². The van der Waals surface area contributed by atoms with Gasteiger partial charge in [0.15, 0.2) is 0 Å². The molecule has 0 bridgehead atoms. The molecule has 1 unspecified atom stereocenters. The van der Waals surface area contributed by atoms with Crippen molar-refractivity contribution in [1.82, 2.24) is 9.62 Å². The number of nitrogens with one attached hydrogen (secondary N) is 1. The third kappa shape index (κ3) is 4.27. The Kier molecular flexibility index (Phi) is 5.76. The van der Waals surface area contributed by atoms with Crippen LogP contribution in [0.25, 0.3) is 0 Å².